The highest BCUT2D eigenvalue weighted by atomic mass is 16.5. The molecule has 1 aromatic carbocycles. The van der Waals surface area contributed by atoms with E-state index in [4.69, 9.17) is 4.52 Å². The smallest absolute Gasteiger partial charge is 0.258 e. The van der Waals surface area contributed by atoms with Crippen LogP contribution in [-0.4, -0.2) is 58.8 Å². The second-order valence-electron chi connectivity index (χ2n) is 5.72. The van der Waals surface area contributed by atoms with E-state index < -0.39 is 0 Å². The first-order valence-electron chi connectivity index (χ1n) is 7.07. The fourth-order valence-electron chi connectivity index (χ4n) is 2.66. The number of piperazine rings is 1. The van der Waals surface area contributed by atoms with Gasteiger partial charge in [0.05, 0.1) is 6.04 Å². The summed E-state index contributed by atoms with van der Waals surface area (Å²) in [4.78, 5) is 9.07. The minimum absolute atomic E-state index is 0.152. The van der Waals surface area contributed by atoms with Gasteiger partial charge in [-0.25, -0.2) is 0 Å². The molecule has 1 unspecified atom stereocenters. The maximum atomic E-state index is 9.48. The van der Waals surface area contributed by atoms with Crippen LogP contribution in [0.2, 0.25) is 0 Å². The Kier molecular flexibility index (Phi) is 3.65. The predicted molar refractivity (Wildman–Crippen MR) is 79.0 cm³/mol. The quantitative estimate of drug-likeness (QED) is 0.907. The molecule has 1 aromatic heterocycles. The molecule has 0 spiro atoms. The van der Waals surface area contributed by atoms with Crippen LogP contribution in [0.15, 0.2) is 22.7 Å². The van der Waals surface area contributed by atoms with Gasteiger partial charge in [-0.1, -0.05) is 5.16 Å². The molecular weight excluding hydrogens is 268 g/mol. The van der Waals surface area contributed by atoms with E-state index >= 15 is 0 Å². The Balaban J connectivity index is 1.89. The molecule has 3 rings (SSSR count). The Labute approximate surface area is 124 Å². The first-order chi connectivity index (χ1) is 10.0. The molecule has 2 heterocycles. The first kappa shape index (κ1) is 14.0. The fraction of sp³-hybridized carbons (Fsp3) is 0.467. The number of rotatable bonds is 2. The summed E-state index contributed by atoms with van der Waals surface area (Å²) in [6, 6.07) is 5.28. The number of phenols is 1. The number of hydrogen-bond donors (Lipinski definition) is 1. The maximum Gasteiger partial charge on any atom is 0.258 e. The minimum atomic E-state index is 0.152. The lowest BCUT2D eigenvalue weighted by Gasteiger charge is -2.35. The molecule has 2 aromatic rings. The van der Waals surface area contributed by atoms with E-state index in [0.29, 0.717) is 11.7 Å². The van der Waals surface area contributed by atoms with Crippen molar-refractivity contribution >= 4 is 0 Å². The first-order valence-corrected chi connectivity index (χ1v) is 7.07. The van der Waals surface area contributed by atoms with Crippen molar-refractivity contribution in [1.82, 2.24) is 19.9 Å². The number of likely N-dealkylation sites (N-methyl/N-ethyl adjacent to an activating group) is 2. The summed E-state index contributed by atoms with van der Waals surface area (Å²) in [5.41, 5.74) is 1.78. The van der Waals surface area contributed by atoms with Crippen molar-refractivity contribution in [2.45, 2.75) is 13.0 Å². The van der Waals surface area contributed by atoms with Gasteiger partial charge in [0.25, 0.3) is 5.89 Å². The molecule has 0 saturated carbocycles. The van der Waals surface area contributed by atoms with E-state index in [1.165, 1.54) is 0 Å². The molecule has 0 amide bonds. The molecule has 1 fully saturated rings. The molecule has 21 heavy (non-hydrogen) atoms. The predicted octanol–water partition coefficient (Wildman–Crippen LogP) is 1.67. The van der Waals surface area contributed by atoms with Crippen molar-refractivity contribution in [2.24, 2.45) is 0 Å². The fourth-order valence-corrected chi connectivity index (χ4v) is 2.66. The van der Waals surface area contributed by atoms with Crippen LogP contribution in [0.4, 0.5) is 0 Å². The van der Waals surface area contributed by atoms with E-state index in [1.54, 1.807) is 18.2 Å². The lowest BCUT2D eigenvalue weighted by molar-refractivity contribution is 0.108. The maximum absolute atomic E-state index is 9.48. The molecule has 0 aliphatic carbocycles. The summed E-state index contributed by atoms with van der Waals surface area (Å²) in [5.74, 6) is 1.46. The van der Waals surface area contributed by atoms with Crippen LogP contribution in [0.5, 0.6) is 5.75 Å². The Morgan fingerprint density at radius 2 is 2.10 bits per heavy atom. The van der Waals surface area contributed by atoms with Crippen molar-refractivity contribution in [3.63, 3.8) is 0 Å². The normalized spacial score (nSPS) is 20.8. The zero-order valence-electron chi connectivity index (χ0n) is 12.6. The number of aromatic hydroxyl groups is 1. The van der Waals surface area contributed by atoms with Gasteiger partial charge in [-0.3, -0.25) is 4.90 Å². The van der Waals surface area contributed by atoms with Gasteiger partial charge in [0.2, 0.25) is 0 Å². The molecular formula is C15H20N4O2. The van der Waals surface area contributed by atoms with Gasteiger partial charge in [0, 0.05) is 25.2 Å². The number of nitrogens with zero attached hydrogens (tertiary/aromatic N) is 4. The van der Waals surface area contributed by atoms with Crippen molar-refractivity contribution < 1.29 is 9.63 Å². The van der Waals surface area contributed by atoms with Crippen molar-refractivity contribution in [2.75, 3.05) is 33.7 Å². The van der Waals surface area contributed by atoms with Gasteiger partial charge < -0.3 is 14.5 Å². The SMILES string of the molecule is Cc1cc(O)ccc1-c1nc(C2CN(C)CCN2C)no1. The highest BCUT2D eigenvalue weighted by Crippen LogP contribution is 2.27. The molecule has 1 aliphatic rings. The lowest BCUT2D eigenvalue weighted by Crippen LogP contribution is -2.45. The third kappa shape index (κ3) is 2.77. The Morgan fingerprint density at radius 3 is 2.86 bits per heavy atom. The van der Waals surface area contributed by atoms with Crippen LogP contribution in [0.3, 0.4) is 0 Å². The molecule has 1 N–H and O–H groups in total. The van der Waals surface area contributed by atoms with Crippen LogP contribution in [-0.2, 0) is 0 Å². The van der Waals surface area contributed by atoms with E-state index in [0.717, 1.165) is 30.8 Å². The summed E-state index contributed by atoms with van der Waals surface area (Å²) in [6.07, 6.45) is 0. The second-order valence-corrected chi connectivity index (χ2v) is 5.72. The highest BCUT2D eigenvalue weighted by molar-refractivity contribution is 5.59. The zero-order chi connectivity index (χ0) is 15.0. The van der Waals surface area contributed by atoms with Crippen molar-refractivity contribution in [3.8, 4) is 17.2 Å². The second kappa shape index (κ2) is 5.46. The molecule has 1 aliphatic heterocycles. The van der Waals surface area contributed by atoms with E-state index in [2.05, 4.69) is 34.0 Å². The molecule has 1 atom stereocenters. The van der Waals surface area contributed by atoms with Crippen LogP contribution in [0, 0.1) is 6.92 Å². The summed E-state index contributed by atoms with van der Waals surface area (Å²) in [7, 11) is 4.19. The highest BCUT2D eigenvalue weighted by Gasteiger charge is 2.28. The van der Waals surface area contributed by atoms with Gasteiger partial charge in [0.1, 0.15) is 5.75 Å². The monoisotopic (exact) mass is 288 g/mol. The zero-order valence-corrected chi connectivity index (χ0v) is 12.6. The molecule has 0 bridgehead atoms. The van der Waals surface area contributed by atoms with Gasteiger partial charge in [-0.15, -0.1) is 0 Å². The molecule has 112 valence electrons. The number of hydrogen-bond acceptors (Lipinski definition) is 6. The van der Waals surface area contributed by atoms with E-state index in [1.807, 2.05) is 6.92 Å². The lowest BCUT2D eigenvalue weighted by atomic mass is 10.1. The summed E-state index contributed by atoms with van der Waals surface area (Å²) < 4.78 is 5.42. The Hall–Kier alpha value is -1.92. The topological polar surface area (TPSA) is 65.6 Å². The molecule has 6 heteroatoms. The number of aryl methyl sites for hydroxylation is 1. The molecule has 1 saturated heterocycles. The van der Waals surface area contributed by atoms with Gasteiger partial charge in [0.15, 0.2) is 5.82 Å². The largest absolute Gasteiger partial charge is 0.508 e. The van der Waals surface area contributed by atoms with Crippen LogP contribution < -0.4 is 0 Å². The molecule has 0 radical (unpaired) electrons. The summed E-state index contributed by atoms with van der Waals surface area (Å²) >= 11 is 0. The third-order valence-corrected chi connectivity index (χ3v) is 4.03. The number of benzene rings is 1. The van der Waals surface area contributed by atoms with Gasteiger partial charge in [-0.05, 0) is 44.8 Å². The standard InChI is InChI=1S/C15H20N4O2/c1-10-8-11(20)4-5-12(10)15-16-14(17-21-15)13-9-18(2)6-7-19(13)3/h4-5,8,13,20H,6-7,9H2,1-3H3. The van der Waals surface area contributed by atoms with Gasteiger partial charge >= 0.3 is 0 Å². The number of aromatic nitrogens is 2. The van der Waals surface area contributed by atoms with Crippen molar-refractivity contribution in [1.29, 1.82) is 0 Å². The average Bonchev–Trinajstić information content (AvgIpc) is 2.91. The van der Waals surface area contributed by atoms with Crippen LogP contribution in [0.1, 0.15) is 17.4 Å². The summed E-state index contributed by atoms with van der Waals surface area (Å²) in [6.45, 7) is 4.85. The van der Waals surface area contributed by atoms with Crippen molar-refractivity contribution in [3.05, 3.63) is 29.6 Å². The Bertz CT molecular complexity index is 640. The third-order valence-electron chi connectivity index (χ3n) is 4.03. The number of phenolic OH excluding ortho intramolecular Hbond substituents is 1. The van der Waals surface area contributed by atoms with Crippen LogP contribution >= 0.6 is 0 Å². The molecule has 6 nitrogen and oxygen atoms in total. The summed E-state index contributed by atoms with van der Waals surface area (Å²) in [5, 5.41) is 13.6. The van der Waals surface area contributed by atoms with E-state index in [-0.39, 0.29) is 11.8 Å². The van der Waals surface area contributed by atoms with E-state index in [9.17, 15) is 5.11 Å². The van der Waals surface area contributed by atoms with Crippen LogP contribution in [0.25, 0.3) is 11.5 Å². The minimum Gasteiger partial charge on any atom is -0.508 e. The Morgan fingerprint density at radius 1 is 1.29 bits per heavy atom. The van der Waals surface area contributed by atoms with Gasteiger partial charge in [-0.2, -0.15) is 4.98 Å². The average molecular weight is 288 g/mol.